The summed E-state index contributed by atoms with van der Waals surface area (Å²) in [6.45, 7) is 8.00. The largest absolute Gasteiger partial charge is 0.333 e. The molecule has 0 aliphatic heterocycles. The summed E-state index contributed by atoms with van der Waals surface area (Å²) in [7, 11) is 1.50. The van der Waals surface area contributed by atoms with E-state index in [9.17, 15) is 0 Å². The van der Waals surface area contributed by atoms with Crippen molar-refractivity contribution in [3.05, 3.63) is 0 Å². The summed E-state index contributed by atoms with van der Waals surface area (Å²) >= 11 is 4.47. The number of fused-ring (bicyclic) bond motifs is 5. The maximum atomic E-state index is 4.50. The topological polar surface area (TPSA) is 26.0 Å². The number of rotatable bonds is 4. The van der Waals surface area contributed by atoms with E-state index in [1.807, 2.05) is 0 Å². The monoisotopic (exact) mass is 393 g/mol. The van der Waals surface area contributed by atoms with Crippen LogP contribution >= 0.6 is 12.6 Å². The Kier molecular flexibility index (Phi) is 7.32. The van der Waals surface area contributed by atoms with Gasteiger partial charge in [-0.25, -0.2) is 0 Å². The molecule has 0 radical (unpaired) electrons. The molecule has 0 aromatic rings. The molecular formula is C25H47NS. The second-order valence-corrected chi connectivity index (χ2v) is 11.4. The molecule has 1 nitrogen and oxygen atoms in total. The molecular weight excluding hydrogens is 346 g/mol. The fourth-order valence-electron chi connectivity index (χ4n) is 8.88. The van der Waals surface area contributed by atoms with Crippen LogP contribution in [0.4, 0.5) is 0 Å². The smallest absolute Gasteiger partial charge is 0.00978 e. The Bertz CT molecular complexity index is 479. The predicted octanol–water partition coefficient (Wildman–Crippen LogP) is 6.96. The van der Waals surface area contributed by atoms with E-state index < -0.39 is 0 Å². The number of hydrogen-bond acceptors (Lipinski definition) is 2. The van der Waals surface area contributed by atoms with Gasteiger partial charge in [0.15, 0.2) is 0 Å². The third kappa shape index (κ3) is 3.76. The molecule has 4 fully saturated rings. The van der Waals surface area contributed by atoms with Gasteiger partial charge in [-0.3, -0.25) is 0 Å². The third-order valence-electron chi connectivity index (χ3n) is 10.2. The Balaban J connectivity index is 0.00000102. The average Bonchev–Trinajstić information content (AvgIpc) is 3.04. The van der Waals surface area contributed by atoms with Crippen molar-refractivity contribution in [2.45, 2.75) is 97.8 Å². The molecule has 0 aromatic carbocycles. The van der Waals surface area contributed by atoms with Gasteiger partial charge >= 0.3 is 0 Å². The highest BCUT2D eigenvalue weighted by Crippen LogP contribution is 2.68. The van der Waals surface area contributed by atoms with E-state index in [-0.39, 0.29) is 0 Å². The minimum atomic E-state index is 0.662. The molecule has 2 N–H and O–H groups in total. The average molecular weight is 394 g/mol. The zero-order chi connectivity index (χ0) is 19.7. The van der Waals surface area contributed by atoms with Gasteiger partial charge in [-0.05, 0) is 123 Å². The van der Waals surface area contributed by atoms with Crippen LogP contribution in [0.25, 0.3) is 0 Å². The van der Waals surface area contributed by atoms with Gasteiger partial charge in [-0.1, -0.05) is 33.6 Å². The summed E-state index contributed by atoms with van der Waals surface area (Å²) in [4.78, 5) is 0. The quantitative estimate of drug-likeness (QED) is 0.496. The van der Waals surface area contributed by atoms with E-state index in [4.69, 9.17) is 0 Å². The van der Waals surface area contributed by atoms with Crippen LogP contribution in [0.3, 0.4) is 0 Å². The van der Waals surface area contributed by atoms with Gasteiger partial charge in [-0.2, -0.15) is 12.6 Å². The molecule has 0 saturated heterocycles. The first kappa shape index (κ1) is 22.0. The van der Waals surface area contributed by atoms with Crippen molar-refractivity contribution >= 4 is 12.6 Å². The molecule has 158 valence electrons. The van der Waals surface area contributed by atoms with Crippen LogP contribution in [0.5, 0.6) is 0 Å². The van der Waals surface area contributed by atoms with Crippen molar-refractivity contribution in [3.63, 3.8) is 0 Å². The van der Waals surface area contributed by atoms with Gasteiger partial charge < -0.3 is 5.73 Å². The van der Waals surface area contributed by atoms with Crippen LogP contribution < -0.4 is 5.73 Å². The molecule has 0 amide bonds. The Morgan fingerprint density at radius 3 is 2.37 bits per heavy atom. The second kappa shape index (κ2) is 8.99. The van der Waals surface area contributed by atoms with Crippen LogP contribution in [0.2, 0.25) is 0 Å². The van der Waals surface area contributed by atoms with E-state index in [1.165, 1.54) is 45.6 Å². The van der Waals surface area contributed by atoms with Gasteiger partial charge in [0.05, 0.1) is 0 Å². The van der Waals surface area contributed by atoms with Crippen molar-refractivity contribution in [2.75, 3.05) is 12.8 Å². The fourth-order valence-corrected chi connectivity index (χ4v) is 9.07. The van der Waals surface area contributed by atoms with Crippen molar-refractivity contribution in [1.29, 1.82) is 0 Å². The van der Waals surface area contributed by atoms with E-state index in [2.05, 4.69) is 39.1 Å². The summed E-state index contributed by atoms with van der Waals surface area (Å²) in [5, 5.41) is 0. The van der Waals surface area contributed by atoms with Crippen LogP contribution in [-0.4, -0.2) is 12.8 Å². The van der Waals surface area contributed by atoms with Gasteiger partial charge in [0.1, 0.15) is 0 Å². The highest BCUT2D eigenvalue weighted by atomic mass is 32.1. The fraction of sp³-hybridized carbons (Fsp3) is 1.00. The first-order chi connectivity index (χ1) is 13.0. The molecule has 4 rings (SSSR count). The molecule has 2 heteroatoms. The highest BCUT2D eigenvalue weighted by molar-refractivity contribution is 7.80. The molecule has 4 saturated carbocycles. The number of nitrogens with two attached hydrogens (primary N) is 1. The van der Waals surface area contributed by atoms with Gasteiger partial charge in [-0.15, -0.1) is 0 Å². The lowest BCUT2D eigenvalue weighted by molar-refractivity contribution is -0.114. The van der Waals surface area contributed by atoms with Crippen LogP contribution in [0, 0.1) is 46.3 Å². The minimum absolute atomic E-state index is 0.662. The van der Waals surface area contributed by atoms with Crippen LogP contribution in [0.15, 0.2) is 0 Å². The van der Waals surface area contributed by atoms with E-state index in [1.54, 1.807) is 38.5 Å². The number of thiol groups is 1. The molecule has 0 bridgehead atoms. The van der Waals surface area contributed by atoms with Crippen molar-refractivity contribution in [1.82, 2.24) is 0 Å². The SMILES string of the molecule is CC(CCCS)C1CCC2C3CCC4CCCCC4(C)C3CCC12C.CN. The maximum absolute atomic E-state index is 4.50. The molecule has 27 heavy (non-hydrogen) atoms. The lowest BCUT2D eigenvalue weighted by atomic mass is 9.44. The Morgan fingerprint density at radius 1 is 0.889 bits per heavy atom. The van der Waals surface area contributed by atoms with Crippen molar-refractivity contribution in [2.24, 2.45) is 52.1 Å². The molecule has 0 spiro atoms. The van der Waals surface area contributed by atoms with Crippen molar-refractivity contribution in [3.8, 4) is 0 Å². The second-order valence-electron chi connectivity index (χ2n) is 11.0. The molecule has 4 aliphatic carbocycles. The van der Waals surface area contributed by atoms with Gasteiger partial charge in [0, 0.05) is 0 Å². The zero-order valence-electron chi connectivity index (χ0n) is 18.7. The Morgan fingerprint density at radius 2 is 1.63 bits per heavy atom. The van der Waals surface area contributed by atoms with Crippen LogP contribution in [-0.2, 0) is 0 Å². The third-order valence-corrected chi connectivity index (χ3v) is 10.5. The highest BCUT2D eigenvalue weighted by Gasteiger charge is 2.59. The Labute approximate surface area is 175 Å². The summed E-state index contributed by atoms with van der Waals surface area (Å²) < 4.78 is 0. The predicted molar refractivity (Wildman–Crippen MR) is 122 cm³/mol. The Hall–Kier alpha value is 0.310. The number of hydrogen-bond donors (Lipinski definition) is 2. The summed E-state index contributed by atoms with van der Waals surface area (Å²) in [5.41, 5.74) is 5.87. The summed E-state index contributed by atoms with van der Waals surface area (Å²) in [6.07, 6.45) is 18.1. The molecule has 0 aromatic heterocycles. The van der Waals surface area contributed by atoms with E-state index in [0.717, 1.165) is 41.3 Å². The zero-order valence-corrected chi connectivity index (χ0v) is 19.6. The van der Waals surface area contributed by atoms with Gasteiger partial charge in [0.2, 0.25) is 0 Å². The molecule has 8 atom stereocenters. The van der Waals surface area contributed by atoms with Gasteiger partial charge in [0.25, 0.3) is 0 Å². The molecule has 4 aliphatic rings. The lowest BCUT2D eigenvalue weighted by Crippen LogP contribution is -2.53. The van der Waals surface area contributed by atoms with E-state index >= 15 is 0 Å². The molecule has 0 heterocycles. The maximum Gasteiger partial charge on any atom is -0.00978 e. The minimum Gasteiger partial charge on any atom is -0.333 e. The standard InChI is InChI=1S/C24H42S.CH5N/c1-17(7-6-16-25)20-11-12-21-19-10-9-18-8-4-5-14-23(18,2)22(19)13-15-24(20,21)3;1-2/h17-22,25H,4-16H2,1-3H3;2H2,1H3. The normalized spacial score (nSPS) is 47.1. The van der Waals surface area contributed by atoms with Crippen molar-refractivity contribution < 1.29 is 0 Å². The molecule has 8 unspecified atom stereocenters. The van der Waals surface area contributed by atoms with E-state index in [0.29, 0.717) is 10.8 Å². The first-order valence-corrected chi connectivity index (χ1v) is 12.8. The lowest BCUT2D eigenvalue weighted by Gasteiger charge is -2.61. The summed E-state index contributed by atoms with van der Waals surface area (Å²) in [6, 6.07) is 0. The van der Waals surface area contributed by atoms with Crippen LogP contribution in [0.1, 0.15) is 97.8 Å². The summed E-state index contributed by atoms with van der Waals surface area (Å²) in [5.74, 6) is 7.24. The first-order valence-electron chi connectivity index (χ1n) is 12.2.